The van der Waals surface area contributed by atoms with E-state index >= 15 is 0 Å². The summed E-state index contributed by atoms with van der Waals surface area (Å²) in [6.07, 6.45) is 3.05. The number of likely N-dealkylation sites (tertiary alicyclic amines) is 1. The standard InChI is InChI=1S/C22H21FN2O3/c1-28-18-8-4-3-7-17(18)19-20(24-13-5-2-6-14-24)22(27)25(21(19)26)16-11-9-15(23)10-12-16/h3-4,7-12H,2,5-6,13-14H2,1H3. The summed E-state index contributed by atoms with van der Waals surface area (Å²) in [5.41, 5.74) is 1.69. The van der Waals surface area contributed by atoms with Crippen molar-refractivity contribution in [3.05, 3.63) is 65.6 Å². The number of para-hydroxylation sites is 1. The molecular formula is C22H21FN2O3. The highest BCUT2D eigenvalue weighted by Crippen LogP contribution is 2.38. The van der Waals surface area contributed by atoms with Crippen LogP contribution in [0.15, 0.2) is 54.2 Å². The molecule has 4 rings (SSSR count). The number of rotatable bonds is 4. The van der Waals surface area contributed by atoms with Gasteiger partial charge < -0.3 is 9.64 Å². The van der Waals surface area contributed by atoms with Gasteiger partial charge >= 0.3 is 0 Å². The lowest BCUT2D eigenvalue weighted by atomic mass is 10.0. The number of anilines is 1. The molecule has 2 amide bonds. The Morgan fingerprint density at radius 1 is 0.893 bits per heavy atom. The number of nitrogens with zero attached hydrogens (tertiary/aromatic N) is 2. The van der Waals surface area contributed by atoms with Gasteiger partial charge in [0.25, 0.3) is 11.8 Å². The van der Waals surface area contributed by atoms with Gasteiger partial charge in [0, 0.05) is 18.7 Å². The van der Waals surface area contributed by atoms with Crippen LogP contribution in [0.25, 0.3) is 5.57 Å². The first-order valence-electron chi connectivity index (χ1n) is 9.39. The van der Waals surface area contributed by atoms with E-state index < -0.39 is 11.7 Å². The molecule has 0 radical (unpaired) electrons. The van der Waals surface area contributed by atoms with Crippen molar-refractivity contribution in [2.24, 2.45) is 0 Å². The smallest absolute Gasteiger partial charge is 0.282 e. The normalized spacial score (nSPS) is 17.5. The first-order chi connectivity index (χ1) is 13.6. The van der Waals surface area contributed by atoms with Gasteiger partial charge in [-0.05, 0) is 49.6 Å². The number of benzene rings is 2. The van der Waals surface area contributed by atoms with Crippen molar-refractivity contribution in [1.82, 2.24) is 4.90 Å². The fourth-order valence-corrected chi connectivity index (χ4v) is 3.85. The van der Waals surface area contributed by atoms with Crippen LogP contribution in [0.5, 0.6) is 5.75 Å². The fraction of sp³-hybridized carbons (Fsp3) is 0.273. The molecule has 0 N–H and O–H groups in total. The average molecular weight is 380 g/mol. The molecule has 2 heterocycles. The molecule has 0 spiro atoms. The minimum Gasteiger partial charge on any atom is -0.496 e. The molecule has 144 valence electrons. The molecule has 2 aliphatic rings. The van der Waals surface area contributed by atoms with E-state index in [0.717, 1.165) is 37.3 Å². The van der Waals surface area contributed by atoms with Crippen LogP contribution in [-0.4, -0.2) is 36.9 Å². The van der Waals surface area contributed by atoms with E-state index in [1.165, 1.54) is 24.3 Å². The van der Waals surface area contributed by atoms with Gasteiger partial charge in [0.05, 0.1) is 18.4 Å². The highest BCUT2D eigenvalue weighted by molar-refractivity contribution is 6.45. The number of halogens is 1. The van der Waals surface area contributed by atoms with Gasteiger partial charge in [-0.15, -0.1) is 0 Å². The lowest BCUT2D eigenvalue weighted by Crippen LogP contribution is -2.37. The number of carbonyl (C=O) groups excluding carboxylic acids is 2. The quantitative estimate of drug-likeness (QED) is 0.761. The van der Waals surface area contributed by atoms with Crippen LogP contribution in [0, 0.1) is 5.82 Å². The zero-order chi connectivity index (χ0) is 19.7. The highest BCUT2D eigenvalue weighted by atomic mass is 19.1. The SMILES string of the molecule is COc1ccccc1C1=C(N2CCCCC2)C(=O)N(c2ccc(F)cc2)C1=O. The van der Waals surface area contributed by atoms with Gasteiger partial charge in [-0.2, -0.15) is 0 Å². The number of imide groups is 1. The summed E-state index contributed by atoms with van der Waals surface area (Å²) in [5.74, 6) is -0.674. The highest BCUT2D eigenvalue weighted by Gasteiger charge is 2.43. The molecule has 1 fully saturated rings. The fourth-order valence-electron chi connectivity index (χ4n) is 3.85. The van der Waals surface area contributed by atoms with E-state index in [1.54, 1.807) is 19.2 Å². The van der Waals surface area contributed by atoms with Crippen LogP contribution >= 0.6 is 0 Å². The van der Waals surface area contributed by atoms with Crippen LogP contribution in [0.2, 0.25) is 0 Å². The summed E-state index contributed by atoms with van der Waals surface area (Å²) >= 11 is 0. The molecule has 2 aromatic rings. The van der Waals surface area contributed by atoms with E-state index in [1.807, 2.05) is 17.0 Å². The predicted molar refractivity (Wildman–Crippen MR) is 104 cm³/mol. The number of carbonyl (C=O) groups is 2. The first-order valence-corrected chi connectivity index (χ1v) is 9.39. The zero-order valence-electron chi connectivity index (χ0n) is 15.7. The minimum absolute atomic E-state index is 0.341. The molecule has 0 bridgehead atoms. The number of methoxy groups -OCH3 is 1. The zero-order valence-corrected chi connectivity index (χ0v) is 15.7. The summed E-state index contributed by atoms with van der Waals surface area (Å²) < 4.78 is 18.8. The van der Waals surface area contributed by atoms with Crippen molar-refractivity contribution < 1.29 is 18.7 Å². The Bertz CT molecular complexity index is 947. The molecule has 1 saturated heterocycles. The number of hydrogen-bond acceptors (Lipinski definition) is 4. The maximum atomic E-state index is 13.4. The summed E-state index contributed by atoms with van der Waals surface area (Å²) in [6.45, 7) is 1.45. The summed E-state index contributed by atoms with van der Waals surface area (Å²) in [7, 11) is 1.54. The van der Waals surface area contributed by atoms with Gasteiger partial charge in [0.1, 0.15) is 17.3 Å². The van der Waals surface area contributed by atoms with E-state index in [-0.39, 0.29) is 5.91 Å². The molecular weight excluding hydrogens is 359 g/mol. The molecule has 5 nitrogen and oxygen atoms in total. The second-order valence-corrected chi connectivity index (χ2v) is 6.89. The van der Waals surface area contributed by atoms with E-state index in [0.29, 0.717) is 28.3 Å². The van der Waals surface area contributed by atoms with Crippen LogP contribution in [-0.2, 0) is 9.59 Å². The van der Waals surface area contributed by atoms with Crippen molar-refractivity contribution in [2.75, 3.05) is 25.1 Å². The second kappa shape index (κ2) is 7.46. The first kappa shape index (κ1) is 18.2. The molecule has 0 saturated carbocycles. The number of hydrogen-bond donors (Lipinski definition) is 0. The van der Waals surface area contributed by atoms with E-state index in [2.05, 4.69) is 0 Å². The Balaban J connectivity index is 1.86. The Labute approximate surface area is 163 Å². The Morgan fingerprint density at radius 2 is 1.57 bits per heavy atom. The Morgan fingerprint density at radius 3 is 2.25 bits per heavy atom. The summed E-state index contributed by atoms with van der Waals surface area (Å²) in [4.78, 5) is 29.9. The molecule has 2 aliphatic heterocycles. The van der Waals surface area contributed by atoms with Crippen LogP contribution in [0.1, 0.15) is 24.8 Å². The molecule has 2 aromatic carbocycles. The third-order valence-corrected chi connectivity index (χ3v) is 5.19. The van der Waals surface area contributed by atoms with Gasteiger partial charge in [-0.1, -0.05) is 18.2 Å². The topological polar surface area (TPSA) is 49.9 Å². The van der Waals surface area contributed by atoms with Crippen LogP contribution < -0.4 is 9.64 Å². The third kappa shape index (κ3) is 3.05. The van der Waals surface area contributed by atoms with E-state index in [9.17, 15) is 14.0 Å². The number of ether oxygens (including phenoxy) is 1. The van der Waals surface area contributed by atoms with Crippen molar-refractivity contribution >= 4 is 23.1 Å². The number of amides is 2. The van der Waals surface area contributed by atoms with Gasteiger partial charge in [0.2, 0.25) is 0 Å². The molecule has 0 unspecified atom stereocenters. The third-order valence-electron chi connectivity index (χ3n) is 5.19. The lowest BCUT2D eigenvalue weighted by Gasteiger charge is -2.29. The lowest BCUT2D eigenvalue weighted by molar-refractivity contribution is -0.120. The van der Waals surface area contributed by atoms with Crippen LogP contribution in [0.3, 0.4) is 0 Å². The van der Waals surface area contributed by atoms with Crippen molar-refractivity contribution in [2.45, 2.75) is 19.3 Å². The molecule has 0 atom stereocenters. The maximum Gasteiger partial charge on any atom is 0.282 e. The van der Waals surface area contributed by atoms with Crippen molar-refractivity contribution in [3.63, 3.8) is 0 Å². The number of piperidine rings is 1. The molecule has 0 aliphatic carbocycles. The van der Waals surface area contributed by atoms with Crippen LogP contribution in [0.4, 0.5) is 10.1 Å². The minimum atomic E-state index is -0.419. The largest absolute Gasteiger partial charge is 0.496 e. The second-order valence-electron chi connectivity index (χ2n) is 6.89. The van der Waals surface area contributed by atoms with Gasteiger partial charge in [0.15, 0.2) is 0 Å². The average Bonchev–Trinajstić information content (AvgIpc) is 2.99. The Kier molecular flexibility index (Phi) is 4.86. The van der Waals surface area contributed by atoms with Gasteiger partial charge in [-0.25, -0.2) is 9.29 Å². The van der Waals surface area contributed by atoms with E-state index in [4.69, 9.17) is 4.74 Å². The monoisotopic (exact) mass is 380 g/mol. The molecule has 0 aromatic heterocycles. The maximum absolute atomic E-state index is 13.4. The van der Waals surface area contributed by atoms with Crippen molar-refractivity contribution in [1.29, 1.82) is 0 Å². The molecule has 6 heteroatoms. The predicted octanol–water partition coefficient (Wildman–Crippen LogP) is 3.60. The molecule has 28 heavy (non-hydrogen) atoms. The van der Waals surface area contributed by atoms with Crippen molar-refractivity contribution in [3.8, 4) is 5.75 Å². The van der Waals surface area contributed by atoms with Gasteiger partial charge in [-0.3, -0.25) is 9.59 Å². The summed E-state index contributed by atoms with van der Waals surface area (Å²) in [5, 5.41) is 0. The summed E-state index contributed by atoms with van der Waals surface area (Å²) in [6, 6.07) is 12.6. The Hall–Kier alpha value is -3.15.